The molecular formula is C19H23N3. The standard InChI is InChI=1S/C19H23N3/c1-12-18-11-14-4-5-15(17-6-8-20-13(2)22-17)10-16(14)19(12,3)7-9-21-18/h4-6,8,10,12,18,21H,7,9,11H2,1-3H3/t12-,18-,19-/m1/s1. The summed E-state index contributed by atoms with van der Waals surface area (Å²) < 4.78 is 0. The molecule has 0 saturated carbocycles. The molecule has 3 heteroatoms. The molecule has 22 heavy (non-hydrogen) atoms. The average molecular weight is 293 g/mol. The van der Waals surface area contributed by atoms with Crippen LogP contribution in [0.3, 0.4) is 0 Å². The minimum absolute atomic E-state index is 0.279. The van der Waals surface area contributed by atoms with E-state index in [1.807, 2.05) is 19.2 Å². The van der Waals surface area contributed by atoms with Crippen molar-refractivity contribution in [1.29, 1.82) is 0 Å². The van der Waals surface area contributed by atoms with Crippen LogP contribution in [0.15, 0.2) is 30.5 Å². The highest BCUT2D eigenvalue weighted by Crippen LogP contribution is 2.46. The molecule has 0 amide bonds. The molecule has 2 aromatic rings. The van der Waals surface area contributed by atoms with Gasteiger partial charge in [-0.05, 0) is 60.9 Å². The Labute approximate surface area is 132 Å². The summed E-state index contributed by atoms with van der Waals surface area (Å²) in [4.78, 5) is 8.80. The van der Waals surface area contributed by atoms with Crippen LogP contribution < -0.4 is 5.32 Å². The largest absolute Gasteiger partial charge is 0.313 e. The van der Waals surface area contributed by atoms with E-state index in [0.717, 1.165) is 24.5 Å². The second-order valence-electron chi connectivity index (χ2n) is 7.08. The van der Waals surface area contributed by atoms with Crippen molar-refractivity contribution in [3.05, 3.63) is 47.4 Å². The van der Waals surface area contributed by atoms with E-state index in [4.69, 9.17) is 0 Å². The maximum absolute atomic E-state index is 4.59. The van der Waals surface area contributed by atoms with Crippen molar-refractivity contribution in [2.24, 2.45) is 5.92 Å². The van der Waals surface area contributed by atoms with Crippen LogP contribution >= 0.6 is 0 Å². The van der Waals surface area contributed by atoms with Crippen molar-refractivity contribution in [1.82, 2.24) is 15.3 Å². The summed E-state index contributed by atoms with van der Waals surface area (Å²) in [5.41, 5.74) is 5.57. The Balaban J connectivity index is 1.84. The lowest BCUT2D eigenvalue weighted by Crippen LogP contribution is -2.56. The Morgan fingerprint density at radius 2 is 2.14 bits per heavy atom. The van der Waals surface area contributed by atoms with Gasteiger partial charge < -0.3 is 5.32 Å². The number of piperidine rings is 1. The van der Waals surface area contributed by atoms with E-state index >= 15 is 0 Å². The lowest BCUT2D eigenvalue weighted by molar-refractivity contribution is 0.158. The number of benzene rings is 1. The number of aryl methyl sites for hydroxylation is 1. The maximum atomic E-state index is 4.59. The van der Waals surface area contributed by atoms with Crippen molar-refractivity contribution in [2.45, 2.75) is 45.1 Å². The van der Waals surface area contributed by atoms with Gasteiger partial charge in [-0.2, -0.15) is 0 Å². The number of nitrogens with zero attached hydrogens (tertiary/aromatic N) is 2. The average Bonchev–Trinajstić information content (AvgIpc) is 2.50. The van der Waals surface area contributed by atoms with Crippen LogP contribution in [0.4, 0.5) is 0 Å². The van der Waals surface area contributed by atoms with Gasteiger partial charge in [0.1, 0.15) is 5.82 Å². The van der Waals surface area contributed by atoms with Gasteiger partial charge >= 0.3 is 0 Å². The van der Waals surface area contributed by atoms with Gasteiger partial charge in [0.2, 0.25) is 0 Å². The first kappa shape index (κ1) is 13.9. The summed E-state index contributed by atoms with van der Waals surface area (Å²) in [6.07, 6.45) is 4.21. The lowest BCUT2D eigenvalue weighted by Gasteiger charge is -2.50. The van der Waals surface area contributed by atoms with Crippen LogP contribution in [-0.4, -0.2) is 22.6 Å². The Hall–Kier alpha value is -1.74. The molecule has 0 unspecified atom stereocenters. The molecule has 1 aliphatic heterocycles. The van der Waals surface area contributed by atoms with E-state index in [-0.39, 0.29) is 5.41 Å². The molecule has 3 atom stereocenters. The zero-order valence-corrected chi connectivity index (χ0v) is 13.6. The fourth-order valence-electron chi connectivity index (χ4n) is 4.29. The Morgan fingerprint density at radius 3 is 2.95 bits per heavy atom. The van der Waals surface area contributed by atoms with Gasteiger partial charge in [-0.1, -0.05) is 26.0 Å². The third kappa shape index (κ3) is 1.99. The molecule has 2 bridgehead atoms. The topological polar surface area (TPSA) is 37.8 Å². The molecule has 1 fully saturated rings. The second kappa shape index (κ2) is 4.88. The normalized spacial score (nSPS) is 30.0. The molecule has 2 heterocycles. The van der Waals surface area contributed by atoms with Gasteiger partial charge in [-0.3, -0.25) is 0 Å². The Kier molecular flexibility index (Phi) is 3.08. The second-order valence-corrected chi connectivity index (χ2v) is 7.08. The number of nitrogens with one attached hydrogen (secondary N) is 1. The molecule has 4 rings (SSSR count). The third-order valence-electron chi connectivity index (χ3n) is 5.90. The van der Waals surface area contributed by atoms with E-state index in [1.54, 1.807) is 0 Å². The van der Waals surface area contributed by atoms with E-state index < -0.39 is 0 Å². The summed E-state index contributed by atoms with van der Waals surface area (Å²) in [5, 5.41) is 3.70. The molecule has 3 nitrogen and oxygen atoms in total. The van der Waals surface area contributed by atoms with Gasteiger partial charge in [0, 0.05) is 17.8 Å². The summed E-state index contributed by atoms with van der Waals surface area (Å²) in [5.74, 6) is 1.51. The maximum Gasteiger partial charge on any atom is 0.125 e. The number of hydrogen-bond acceptors (Lipinski definition) is 3. The predicted molar refractivity (Wildman–Crippen MR) is 88.8 cm³/mol. The highest BCUT2D eigenvalue weighted by molar-refractivity contribution is 5.62. The zero-order valence-electron chi connectivity index (χ0n) is 13.6. The smallest absolute Gasteiger partial charge is 0.125 e. The molecule has 1 aromatic carbocycles. The van der Waals surface area contributed by atoms with Crippen molar-refractivity contribution < 1.29 is 0 Å². The van der Waals surface area contributed by atoms with Gasteiger partial charge in [0.15, 0.2) is 0 Å². The molecule has 0 spiro atoms. The van der Waals surface area contributed by atoms with Crippen LogP contribution in [0.2, 0.25) is 0 Å². The summed E-state index contributed by atoms with van der Waals surface area (Å²) in [6.45, 7) is 7.92. The van der Waals surface area contributed by atoms with Crippen LogP contribution in [-0.2, 0) is 11.8 Å². The molecule has 114 valence electrons. The molecular weight excluding hydrogens is 270 g/mol. The molecule has 0 radical (unpaired) electrons. The molecule has 1 saturated heterocycles. The van der Waals surface area contributed by atoms with Gasteiger partial charge in [0.25, 0.3) is 0 Å². The number of hydrogen-bond donors (Lipinski definition) is 1. The van der Waals surface area contributed by atoms with E-state index in [1.165, 1.54) is 23.1 Å². The summed E-state index contributed by atoms with van der Waals surface area (Å²) >= 11 is 0. The first-order chi connectivity index (χ1) is 10.6. The minimum Gasteiger partial charge on any atom is -0.313 e. The Bertz CT molecular complexity index is 724. The fraction of sp³-hybridized carbons (Fsp3) is 0.474. The van der Waals surface area contributed by atoms with Crippen LogP contribution in [0.25, 0.3) is 11.3 Å². The van der Waals surface area contributed by atoms with Gasteiger partial charge in [-0.25, -0.2) is 9.97 Å². The van der Waals surface area contributed by atoms with Crippen LogP contribution in [0.1, 0.15) is 37.2 Å². The number of rotatable bonds is 1. The van der Waals surface area contributed by atoms with Crippen molar-refractivity contribution in [3.8, 4) is 11.3 Å². The highest BCUT2D eigenvalue weighted by Gasteiger charge is 2.45. The number of aromatic nitrogens is 2. The van der Waals surface area contributed by atoms with Crippen LogP contribution in [0, 0.1) is 12.8 Å². The molecule has 2 aliphatic rings. The van der Waals surface area contributed by atoms with Crippen molar-refractivity contribution in [2.75, 3.05) is 6.54 Å². The fourth-order valence-corrected chi connectivity index (χ4v) is 4.29. The van der Waals surface area contributed by atoms with Crippen LogP contribution in [0.5, 0.6) is 0 Å². The molecule has 1 aromatic heterocycles. The lowest BCUT2D eigenvalue weighted by atomic mass is 9.59. The van der Waals surface area contributed by atoms with Gasteiger partial charge in [-0.15, -0.1) is 0 Å². The molecule has 1 aliphatic carbocycles. The summed E-state index contributed by atoms with van der Waals surface area (Å²) in [7, 11) is 0. The quantitative estimate of drug-likeness (QED) is 0.877. The summed E-state index contributed by atoms with van der Waals surface area (Å²) in [6, 6.07) is 9.55. The Morgan fingerprint density at radius 1 is 1.27 bits per heavy atom. The molecule has 1 N–H and O–H groups in total. The zero-order chi connectivity index (χ0) is 15.3. The van der Waals surface area contributed by atoms with E-state index in [9.17, 15) is 0 Å². The highest BCUT2D eigenvalue weighted by atomic mass is 14.9. The van der Waals surface area contributed by atoms with E-state index in [0.29, 0.717) is 12.0 Å². The predicted octanol–water partition coefficient (Wildman–Crippen LogP) is 3.26. The minimum atomic E-state index is 0.279. The van der Waals surface area contributed by atoms with Crippen molar-refractivity contribution >= 4 is 0 Å². The van der Waals surface area contributed by atoms with Crippen molar-refractivity contribution in [3.63, 3.8) is 0 Å². The number of fused-ring (bicyclic) bond motifs is 4. The first-order valence-electron chi connectivity index (χ1n) is 8.25. The SMILES string of the molecule is Cc1nccc(-c2ccc3c(c2)[C@]2(C)CCN[C@H](C3)[C@H]2C)n1. The monoisotopic (exact) mass is 293 g/mol. The first-order valence-corrected chi connectivity index (χ1v) is 8.25. The van der Waals surface area contributed by atoms with E-state index in [2.05, 4.69) is 47.3 Å². The van der Waals surface area contributed by atoms with Gasteiger partial charge in [0.05, 0.1) is 5.69 Å². The third-order valence-corrected chi connectivity index (χ3v) is 5.90.